The number of hydrogen-bond acceptors (Lipinski definition) is 8. The van der Waals surface area contributed by atoms with Gasteiger partial charge in [-0.05, 0) is 79.9 Å². The van der Waals surface area contributed by atoms with Crippen molar-refractivity contribution in [1.29, 1.82) is 0 Å². The van der Waals surface area contributed by atoms with E-state index in [9.17, 15) is 14.0 Å². The molecule has 10 heteroatoms. The average molecular weight is 603 g/mol. The lowest BCUT2D eigenvalue weighted by molar-refractivity contribution is -0.139. The maximum atomic E-state index is 13.9. The summed E-state index contributed by atoms with van der Waals surface area (Å²) >= 11 is 1.24. The summed E-state index contributed by atoms with van der Waals surface area (Å²) < 4.78 is 37.7. The fraction of sp³-hybridized carbons (Fsp3) is 0.242. The molecule has 0 radical (unpaired) electrons. The first-order valence-corrected chi connectivity index (χ1v) is 14.6. The molecule has 1 atom stereocenters. The highest BCUT2D eigenvalue weighted by Gasteiger charge is 2.33. The molecule has 0 saturated carbocycles. The number of hydrogen-bond donors (Lipinski definition) is 0. The van der Waals surface area contributed by atoms with Crippen molar-refractivity contribution in [1.82, 2.24) is 4.57 Å². The van der Waals surface area contributed by atoms with E-state index < -0.39 is 12.0 Å². The van der Waals surface area contributed by atoms with E-state index >= 15 is 0 Å². The molecule has 0 fully saturated rings. The summed E-state index contributed by atoms with van der Waals surface area (Å²) in [6.07, 6.45) is 1.77. The second-order valence-electron chi connectivity index (χ2n) is 9.63. The van der Waals surface area contributed by atoms with Crippen LogP contribution in [0.1, 0.15) is 43.5 Å². The van der Waals surface area contributed by atoms with Crippen molar-refractivity contribution in [3.05, 3.63) is 120 Å². The molecule has 0 N–H and O–H groups in total. The third kappa shape index (κ3) is 6.39. The molecule has 43 heavy (non-hydrogen) atoms. The molecular weight excluding hydrogens is 571 g/mol. The first-order chi connectivity index (χ1) is 20.8. The zero-order chi connectivity index (χ0) is 30.5. The molecule has 4 aromatic rings. The van der Waals surface area contributed by atoms with Crippen LogP contribution in [0.3, 0.4) is 0 Å². The van der Waals surface area contributed by atoms with Crippen LogP contribution in [0.25, 0.3) is 6.08 Å². The molecule has 5 rings (SSSR count). The van der Waals surface area contributed by atoms with E-state index in [0.29, 0.717) is 44.5 Å². The minimum absolute atomic E-state index is 0.196. The number of aromatic nitrogens is 1. The van der Waals surface area contributed by atoms with Crippen molar-refractivity contribution in [2.75, 3.05) is 20.3 Å². The van der Waals surface area contributed by atoms with Gasteiger partial charge < -0.3 is 18.9 Å². The highest BCUT2D eigenvalue weighted by molar-refractivity contribution is 7.07. The van der Waals surface area contributed by atoms with Gasteiger partial charge in [0.2, 0.25) is 0 Å². The quantitative estimate of drug-likeness (QED) is 0.240. The molecule has 222 valence electrons. The summed E-state index contributed by atoms with van der Waals surface area (Å²) in [6, 6.07) is 18.0. The number of fused-ring (bicyclic) bond motifs is 1. The number of carbonyl (C=O) groups excluding carboxylic acids is 1. The summed E-state index contributed by atoms with van der Waals surface area (Å²) in [5, 5.41) is 0. The number of benzene rings is 3. The van der Waals surface area contributed by atoms with Gasteiger partial charge >= 0.3 is 5.97 Å². The number of ether oxygens (including phenoxy) is 4. The largest absolute Gasteiger partial charge is 0.497 e. The van der Waals surface area contributed by atoms with Crippen molar-refractivity contribution in [2.24, 2.45) is 4.99 Å². The van der Waals surface area contributed by atoms with E-state index in [4.69, 9.17) is 18.9 Å². The minimum Gasteiger partial charge on any atom is -0.497 e. The van der Waals surface area contributed by atoms with Gasteiger partial charge in [0.25, 0.3) is 5.56 Å². The van der Waals surface area contributed by atoms with Gasteiger partial charge in [0, 0.05) is 0 Å². The number of rotatable bonds is 10. The van der Waals surface area contributed by atoms with Crippen molar-refractivity contribution >= 4 is 23.4 Å². The van der Waals surface area contributed by atoms with Gasteiger partial charge in [-0.15, -0.1) is 0 Å². The molecule has 8 nitrogen and oxygen atoms in total. The second-order valence-corrected chi connectivity index (χ2v) is 10.6. The molecular formula is C33H31FN2O6S. The van der Waals surface area contributed by atoms with Crippen LogP contribution in [0.4, 0.5) is 4.39 Å². The van der Waals surface area contributed by atoms with Crippen LogP contribution in [0.5, 0.6) is 17.2 Å². The minimum atomic E-state index is -0.718. The Labute approximate surface area is 252 Å². The fourth-order valence-corrected chi connectivity index (χ4v) is 5.83. The summed E-state index contributed by atoms with van der Waals surface area (Å²) in [6.45, 7) is 6.21. The number of esters is 1. The standard InChI is InChI=1S/C33H31FN2O6S/c1-5-40-27-17-22(9-16-26(27)42-19-21-7-12-24(34)13-8-21)18-28-31(37)36-30(23-10-14-25(39-4)15-11-23)29(32(38)41-6-2)20(3)35-33(36)43-28/h7-18,30H,5-6,19H2,1-4H3/b28-18+. The lowest BCUT2D eigenvalue weighted by Gasteiger charge is -2.24. The number of thiazole rings is 1. The van der Waals surface area contributed by atoms with Crippen molar-refractivity contribution in [3.63, 3.8) is 0 Å². The van der Waals surface area contributed by atoms with Crippen LogP contribution in [0, 0.1) is 5.82 Å². The van der Waals surface area contributed by atoms with Gasteiger partial charge in [-0.25, -0.2) is 14.2 Å². The molecule has 0 amide bonds. The summed E-state index contributed by atoms with van der Waals surface area (Å²) in [5.74, 6) is 0.874. The van der Waals surface area contributed by atoms with Crippen molar-refractivity contribution in [2.45, 2.75) is 33.4 Å². The van der Waals surface area contributed by atoms with E-state index in [1.54, 1.807) is 68.0 Å². The third-order valence-corrected chi connectivity index (χ3v) is 7.80. The maximum absolute atomic E-state index is 13.9. The van der Waals surface area contributed by atoms with Gasteiger partial charge in [-0.3, -0.25) is 9.36 Å². The highest BCUT2D eigenvalue weighted by Crippen LogP contribution is 2.32. The lowest BCUT2D eigenvalue weighted by atomic mass is 9.96. The zero-order valence-electron chi connectivity index (χ0n) is 24.3. The van der Waals surface area contributed by atoms with E-state index in [2.05, 4.69) is 4.99 Å². The Kier molecular flexibility index (Phi) is 9.06. The lowest BCUT2D eigenvalue weighted by Crippen LogP contribution is -2.39. The van der Waals surface area contributed by atoms with E-state index in [1.165, 1.54) is 23.5 Å². The first kappa shape index (κ1) is 29.8. The molecule has 1 aromatic heterocycles. The zero-order valence-corrected chi connectivity index (χ0v) is 25.1. The smallest absolute Gasteiger partial charge is 0.338 e. The summed E-state index contributed by atoms with van der Waals surface area (Å²) in [7, 11) is 1.58. The fourth-order valence-electron chi connectivity index (χ4n) is 4.79. The van der Waals surface area contributed by atoms with Crippen LogP contribution in [0.2, 0.25) is 0 Å². The molecule has 1 unspecified atom stereocenters. The third-order valence-electron chi connectivity index (χ3n) is 6.82. The molecule has 1 aliphatic heterocycles. The molecule has 2 heterocycles. The van der Waals surface area contributed by atoms with Crippen LogP contribution in [0.15, 0.2) is 87.8 Å². The Balaban J connectivity index is 1.54. The highest BCUT2D eigenvalue weighted by atomic mass is 32.1. The monoisotopic (exact) mass is 602 g/mol. The Morgan fingerprint density at radius 1 is 1.00 bits per heavy atom. The van der Waals surface area contributed by atoms with Gasteiger partial charge in [-0.1, -0.05) is 41.7 Å². The number of methoxy groups -OCH3 is 1. The average Bonchev–Trinajstić information content (AvgIpc) is 3.31. The number of allylic oxidation sites excluding steroid dienone is 1. The number of carbonyl (C=O) groups is 1. The molecule has 0 spiro atoms. The topological polar surface area (TPSA) is 88.4 Å². The Hall–Kier alpha value is -4.70. The Bertz CT molecular complexity index is 1840. The number of nitrogens with zero attached hydrogens (tertiary/aromatic N) is 2. The van der Waals surface area contributed by atoms with Gasteiger partial charge in [-0.2, -0.15) is 0 Å². The predicted octanol–water partition coefficient (Wildman–Crippen LogP) is 4.92. The Morgan fingerprint density at radius 2 is 1.74 bits per heavy atom. The maximum Gasteiger partial charge on any atom is 0.338 e. The molecule has 3 aromatic carbocycles. The van der Waals surface area contributed by atoms with E-state index in [0.717, 1.165) is 16.7 Å². The second kappa shape index (κ2) is 13.1. The van der Waals surface area contributed by atoms with Gasteiger partial charge in [0.05, 0.1) is 42.2 Å². The molecule has 0 saturated heterocycles. The van der Waals surface area contributed by atoms with Crippen LogP contribution in [-0.4, -0.2) is 30.9 Å². The van der Waals surface area contributed by atoms with Crippen LogP contribution < -0.4 is 29.1 Å². The van der Waals surface area contributed by atoms with Crippen LogP contribution in [-0.2, 0) is 16.1 Å². The Morgan fingerprint density at radius 3 is 2.42 bits per heavy atom. The molecule has 0 bridgehead atoms. The summed E-state index contributed by atoms with van der Waals surface area (Å²) in [5.41, 5.74) is 2.80. The first-order valence-electron chi connectivity index (χ1n) is 13.8. The van der Waals surface area contributed by atoms with Gasteiger partial charge in [0.1, 0.15) is 18.2 Å². The van der Waals surface area contributed by atoms with E-state index in [1.807, 2.05) is 25.1 Å². The van der Waals surface area contributed by atoms with Gasteiger partial charge in [0.15, 0.2) is 16.3 Å². The normalized spacial score (nSPS) is 14.6. The van der Waals surface area contributed by atoms with Crippen molar-refractivity contribution in [3.8, 4) is 17.2 Å². The van der Waals surface area contributed by atoms with E-state index in [-0.39, 0.29) is 24.6 Å². The molecule has 0 aliphatic carbocycles. The molecule has 1 aliphatic rings. The predicted molar refractivity (Wildman–Crippen MR) is 162 cm³/mol. The summed E-state index contributed by atoms with van der Waals surface area (Å²) in [4.78, 5) is 32.1. The van der Waals surface area contributed by atoms with Crippen molar-refractivity contribution < 1.29 is 28.1 Å². The SMILES string of the molecule is CCOC(=O)C1=C(C)N=c2s/c(=C/c3ccc(OCc4ccc(F)cc4)c(OCC)c3)c(=O)n2C1c1ccc(OC)cc1. The van der Waals surface area contributed by atoms with Crippen LogP contribution >= 0.6 is 11.3 Å². The number of halogens is 1.